The largest absolute Gasteiger partial charge is 0.343 e. The molecule has 2 fully saturated rings. The molecule has 23 heavy (non-hydrogen) atoms. The Labute approximate surface area is 145 Å². The van der Waals surface area contributed by atoms with Crippen molar-refractivity contribution in [1.82, 2.24) is 9.80 Å². The second kappa shape index (κ2) is 12.8. The lowest BCUT2D eigenvalue weighted by Gasteiger charge is -2.47. The lowest BCUT2D eigenvalue weighted by molar-refractivity contribution is -0.131. The highest BCUT2D eigenvalue weighted by atomic mass is 16.2. The van der Waals surface area contributed by atoms with Crippen molar-refractivity contribution < 1.29 is 4.79 Å². The fourth-order valence-electron chi connectivity index (χ4n) is 3.79. The standard InChI is InChI=1S/C16H30N2O.2C2H6/c1-3-4-5-10-17-11-6-7-16(14-17)8-12-18(13-9-16)15(2)19;2*1-2/h3-14H2,1-2H3;2*1-2H3. The molecule has 3 heteroatoms. The first kappa shape index (κ1) is 22.4. The van der Waals surface area contributed by atoms with E-state index in [9.17, 15) is 4.79 Å². The lowest BCUT2D eigenvalue weighted by Crippen LogP contribution is -2.50. The molecule has 0 unspecified atom stereocenters. The van der Waals surface area contributed by atoms with E-state index in [-0.39, 0.29) is 5.91 Å². The maximum absolute atomic E-state index is 11.4. The monoisotopic (exact) mass is 326 g/mol. The molecule has 2 saturated heterocycles. The number of carbonyl (C=O) groups excluding carboxylic acids is 1. The van der Waals surface area contributed by atoms with Crippen molar-refractivity contribution in [3.05, 3.63) is 0 Å². The van der Waals surface area contributed by atoms with Gasteiger partial charge in [-0.3, -0.25) is 4.79 Å². The van der Waals surface area contributed by atoms with Crippen molar-refractivity contribution in [3.8, 4) is 0 Å². The molecule has 0 aliphatic carbocycles. The minimum absolute atomic E-state index is 0.255. The molecule has 3 nitrogen and oxygen atoms in total. The Morgan fingerprint density at radius 2 is 1.57 bits per heavy atom. The van der Waals surface area contributed by atoms with Crippen LogP contribution < -0.4 is 0 Å². The topological polar surface area (TPSA) is 23.6 Å². The number of amides is 1. The second-order valence-electron chi connectivity index (χ2n) is 6.59. The summed E-state index contributed by atoms with van der Waals surface area (Å²) in [7, 11) is 0. The summed E-state index contributed by atoms with van der Waals surface area (Å²) in [5, 5.41) is 0. The number of rotatable bonds is 4. The van der Waals surface area contributed by atoms with Gasteiger partial charge in [0.2, 0.25) is 5.91 Å². The summed E-state index contributed by atoms with van der Waals surface area (Å²) in [4.78, 5) is 16.1. The number of hydrogen-bond donors (Lipinski definition) is 0. The highest BCUT2D eigenvalue weighted by Gasteiger charge is 2.38. The number of piperidine rings is 2. The molecule has 0 radical (unpaired) electrons. The minimum atomic E-state index is 0.255. The van der Waals surface area contributed by atoms with E-state index in [0.29, 0.717) is 5.41 Å². The molecule has 0 bridgehead atoms. The van der Waals surface area contributed by atoms with Crippen LogP contribution in [0, 0.1) is 5.41 Å². The van der Waals surface area contributed by atoms with Crippen LogP contribution in [-0.2, 0) is 4.79 Å². The normalized spacial score (nSPS) is 20.2. The van der Waals surface area contributed by atoms with Crippen LogP contribution in [0.2, 0.25) is 0 Å². The summed E-state index contributed by atoms with van der Waals surface area (Å²) in [5.41, 5.74) is 0.524. The van der Waals surface area contributed by atoms with E-state index in [1.807, 2.05) is 32.6 Å². The van der Waals surface area contributed by atoms with Crippen LogP contribution in [0.3, 0.4) is 0 Å². The summed E-state index contributed by atoms with van der Waals surface area (Å²) in [6.07, 6.45) is 9.20. The molecule has 0 saturated carbocycles. The van der Waals surface area contributed by atoms with Gasteiger partial charge in [0.25, 0.3) is 0 Å². The molecule has 2 rings (SSSR count). The van der Waals surface area contributed by atoms with Gasteiger partial charge in [-0.1, -0.05) is 47.5 Å². The SMILES string of the molecule is CC.CC.CCCCCN1CCCC2(CCN(C(C)=O)CC2)C1. The van der Waals surface area contributed by atoms with Crippen LogP contribution in [-0.4, -0.2) is 48.4 Å². The predicted molar refractivity (Wildman–Crippen MR) is 102 cm³/mol. The lowest BCUT2D eigenvalue weighted by atomic mass is 9.72. The summed E-state index contributed by atoms with van der Waals surface area (Å²) < 4.78 is 0. The zero-order valence-electron chi connectivity index (χ0n) is 16.8. The van der Waals surface area contributed by atoms with Gasteiger partial charge in [-0.05, 0) is 50.6 Å². The first-order valence-corrected chi connectivity index (χ1v) is 10.1. The van der Waals surface area contributed by atoms with Gasteiger partial charge in [0.15, 0.2) is 0 Å². The van der Waals surface area contributed by atoms with Gasteiger partial charge in [0.05, 0.1) is 0 Å². The molecule has 2 aliphatic rings. The Kier molecular flexibility index (Phi) is 12.5. The average molecular weight is 327 g/mol. The maximum Gasteiger partial charge on any atom is 0.219 e. The first-order valence-electron chi connectivity index (χ1n) is 10.1. The van der Waals surface area contributed by atoms with Gasteiger partial charge in [0.1, 0.15) is 0 Å². The van der Waals surface area contributed by atoms with E-state index in [1.165, 1.54) is 64.6 Å². The molecule has 0 aromatic carbocycles. The molecule has 0 N–H and O–H groups in total. The van der Waals surface area contributed by atoms with Crippen LogP contribution in [0.4, 0.5) is 0 Å². The van der Waals surface area contributed by atoms with Crippen LogP contribution in [0.15, 0.2) is 0 Å². The highest BCUT2D eigenvalue weighted by Crippen LogP contribution is 2.39. The molecule has 0 atom stereocenters. The van der Waals surface area contributed by atoms with Crippen molar-refractivity contribution in [2.24, 2.45) is 5.41 Å². The van der Waals surface area contributed by atoms with Gasteiger partial charge in [-0.15, -0.1) is 0 Å². The third kappa shape index (κ3) is 7.69. The molecular weight excluding hydrogens is 284 g/mol. The van der Waals surface area contributed by atoms with Gasteiger partial charge >= 0.3 is 0 Å². The van der Waals surface area contributed by atoms with Crippen molar-refractivity contribution in [3.63, 3.8) is 0 Å². The van der Waals surface area contributed by atoms with Crippen LogP contribution in [0.25, 0.3) is 0 Å². The van der Waals surface area contributed by atoms with E-state index >= 15 is 0 Å². The number of hydrogen-bond acceptors (Lipinski definition) is 2. The Hall–Kier alpha value is -0.570. The molecule has 2 aliphatic heterocycles. The van der Waals surface area contributed by atoms with Crippen molar-refractivity contribution in [1.29, 1.82) is 0 Å². The fourth-order valence-corrected chi connectivity index (χ4v) is 3.79. The quantitative estimate of drug-likeness (QED) is 0.682. The first-order chi connectivity index (χ1) is 11.2. The Balaban J connectivity index is 0.00000112. The minimum Gasteiger partial charge on any atom is -0.343 e. The fraction of sp³-hybridized carbons (Fsp3) is 0.950. The van der Waals surface area contributed by atoms with E-state index < -0.39 is 0 Å². The number of likely N-dealkylation sites (tertiary alicyclic amines) is 2. The molecule has 1 amide bonds. The van der Waals surface area contributed by atoms with Crippen molar-refractivity contribution in [2.75, 3.05) is 32.7 Å². The molecule has 0 aromatic heterocycles. The van der Waals surface area contributed by atoms with Crippen LogP contribution >= 0.6 is 0 Å². The summed E-state index contributed by atoms with van der Waals surface area (Å²) in [6.45, 7) is 17.8. The summed E-state index contributed by atoms with van der Waals surface area (Å²) in [5.74, 6) is 0.255. The van der Waals surface area contributed by atoms with E-state index in [4.69, 9.17) is 0 Å². The number of carbonyl (C=O) groups is 1. The Bertz CT molecular complexity index is 296. The van der Waals surface area contributed by atoms with Gasteiger partial charge in [0, 0.05) is 26.6 Å². The van der Waals surface area contributed by atoms with Crippen molar-refractivity contribution >= 4 is 5.91 Å². The van der Waals surface area contributed by atoms with Gasteiger partial charge in [-0.25, -0.2) is 0 Å². The maximum atomic E-state index is 11.4. The molecular formula is C20H42N2O. The zero-order chi connectivity index (χ0) is 17.7. The third-order valence-electron chi connectivity index (χ3n) is 5.09. The number of unbranched alkanes of at least 4 members (excludes halogenated alkanes) is 2. The van der Waals surface area contributed by atoms with E-state index in [2.05, 4.69) is 11.8 Å². The Morgan fingerprint density at radius 1 is 0.957 bits per heavy atom. The van der Waals surface area contributed by atoms with E-state index in [0.717, 1.165) is 13.1 Å². The predicted octanol–water partition coefficient (Wildman–Crippen LogP) is 4.95. The zero-order valence-corrected chi connectivity index (χ0v) is 16.8. The number of nitrogens with zero attached hydrogens (tertiary/aromatic N) is 2. The molecule has 0 aromatic rings. The second-order valence-corrected chi connectivity index (χ2v) is 6.59. The van der Waals surface area contributed by atoms with Crippen LogP contribution in [0.5, 0.6) is 0 Å². The Morgan fingerprint density at radius 3 is 2.09 bits per heavy atom. The molecule has 2 heterocycles. The molecule has 138 valence electrons. The van der Waals surface area contributed by atoms with Crippen LogP contribution in [0.1, 0.15) is 86.5 Å². The molecule has 1 spiro atoms. The van der Waals surface area contributed by atoms with E-state index in [1.54, 1.807) is 6.92 Å². The summed E-state index contributed by atoms with van der Waals surface area (Å²) in [6, 6.07) is 0. The van der Waals surface area contributed by atoms with Gasteiger partial charge in [-0.2, -0.15) is 0 Å². The smallest absolute Gasteiger partial charge is 0.219 e. The highest BCUT2D eigenvalue weighted by molar-refractivity contribution is 5.73. The summed E-state index contributed by atoms with van der Waals surface area (Å²) >= 11 is 0. The average Bonchev–Trinajstić information content (AvgIpc) is 2.59. The third-order valence-corrected chi connectivity index (χ3v) is 5.09. The van der Waals surface area contributed by atoms with Crippen molar-refractivity contribution in [2.45, 2.75) is 86.5 Å². The van der Waals surface area contributed by atoms with Gasteiger partial charge < -0.3 is 9.80 Å².